The monoisotopic (exact) mass is 1890 g/mol. The van der Waals surface area contributed by atoms with Crippen molar-refractivity contribution in [1.29, 1.82) is 0 Å². The zero-order chi connectivity index (χ0) is 96.5. The van der Waals surface area contributed by atoms with E-state index in [4.69, 9.17) is 0 Å². The molecule has 0 aliphatic carbocycles. The largest absolute Gasteiger partial charge is 1.00 e. The maximum atomic E-state index is 11.1. The van der Waals surface area contributed by atoms with Gasteiger partial charge in [0.15, 0.2) is 0 Å². The Labute approximate surface area is 885 Å². The summed E-state index contributed by atoms with van der Waals surface area (Å²) in [6, 6.07) is 192. The second-order valence-electron chi connectivity index (χ2n) is 35.1. The molecule has 2 radical (unpaired) electrons. The van der Waals surface area contributed by atoms with Crippen LogP contribution in [0.5, 0.6) is 5.75 Å². The van der Waals surface area contributed by atoms with Crippen molar-refractivity contribution in [3.63, 3.8) is 0 Å². The first-order valence-corrected chi connectivity index (χ1v) is 48.2. The number of benzene rings is 23. The van der Waals surface area contributed by atoms with E-state index in [2.05, 4.69) is 581 Å². The number of hydrogen-bond donors (Lipinski definition) is 0. The molecular formula is C134H107BLi2N7OP. The minimum absolute atomic E-state index is 0. The molecule has 0 bridgehead atoms. The Hall–Kier alpha value is -16.8. The van der Waals surface area contributed by atoms with Crippen molar-refractivity contribution in [2.75, 3.05) is 24.5 Å². The molecule has 0 unspecified atom stereocenters. The van der Waals surface area contributed by atoms with Gasteiger partial charge >= 0.3 is 37.7 Å². The fourth-order valence-corrected chi connectivity index (χ4v) is 19.4. The molecule has 24 aromatic rings. The minimum atomic E-state index is -0.0110. The van der Waals surface area contributed by atoms with E-state index in [0.29, 0.717) is 5.52 Å². The van der Waals surface area contributed by atoms with Crippen molar-refractivity contribution in [3.05, 3.63) is 570 Å². The molecule has 694 valence electrons. The van der Waals surface area contributed by atoms with Gasteiger partial charge in [0.05, 0.1) is 34.0 Å². The molecular weight excluding hydrogens is 1780 g/mol. The van der Waals surface area contributed by atoms with E-state index in [1.807, 2.05) is 18.2 Å². The fourth-order valence-electron chi connectivity index (χ4n) is 19.4. The third-order valence-corrected chi connectivity index (χ3v) is 25.7. The Kier molecular flexibility index (Phi) is 33.8. The number of para-hydroxylation sites is 6. The van der Waals surface area contributed by atoms with Gasteiger partial charge in [-0.1, -0.05) is 389 Å². The number of anilines is 15. The van der Waals surface area contributed by atoms with E-state index in [1.165, 1.54) is 121 Å². The summed E-state index contributed by atoms with van der Waals surface area (Å²) in [6.07, 6.45) is 1.63. The van der Waals surface area contributed by atoms with Crippen LogP contribution in [-0.2, 0) is 0 Å². The van der Waals surface area contributed by atoms with Gasteiger partial charge in [-0.05, 0) is 303 Å². The summed E-state index contributed by atoms with van der Waals surface area (Å²) in [5.41, 5.74) is 28.3. The molecule has 0 aliphatic rings. The summed E-state index contributed by atoms with van der Waals surface area (Å²) in [5.74, 6) is -0.0110. The molecule has 0 spiro atoms. The Morgan fingerprint density at radius 3 is 0.884 bits per heavy atom. The molecule has 0 atom stereocenters. The minimum Gasteiger partial charge on any atom is -0.871 e. The van der Waals surface area contributed by atoms with Gasteiger partial charge in [-0.2, -0.15) is 0 Å². The molecule has 12 heteroatoms. The van der Waals surface area contributed by atoms with Gasteiger partial charge in [0, 0.05) is 73.8 Å². The standard InChI is InChI=1S/C45H39N3.C44H32N2.C34H22.C9H7NO.CH4.CH3.BHNP.2Li/c1-34-16-13-25-40(28-34)46(37-19-7-4-8-20-37)43-31-44(47(38-21-9-5-10-22-38)41-26-14-17-35(2)29-41)33-45(32-43)48(39-23-11-6-12-24-39)42-27-15-18-36(3)30-42;1-3-17-37(18-4-1)45(43-23-11-15-35-13-7-9-21-41(35)43)39-29-25-33(26-30-39)34-27-31-40(32-28-34)46(38-19-5-2-6-20-38)44-24-12-16-36-14-8-10-22-42(36)44;1-2-12-25-22-26(21-20-23(25)10-1)33-29-15-5-7-17-31(29)34(32-18-8-6-16-30(32)33)28-19-9-13-24-11-3-4-14-27(24)28;11-8-5-1-3-7-4-2-6-10-9(7)8;;;1-2-3;;/h4-33H,1-3H3;1-32H;1-22H;1-6,11H;1H4;1H3;3H;;/q;;;;;-1;;2*+1/p-1. The molecule has 0 saturated heterocycles. The Morgan fingerprint density at radius 1 is 0.226 bits per heavy atom. The zero-order valence-electron chi connectivity index (χ0n) is 82.1. The number of hydrogen-bond acceptors (Lipinski definition) is 8. The number of fused-ring (bicyclic) bond motifs is 7. The number of aryl methyl sites for hydroxylation is 3. The number of nitrogens with zero attached hydrogens (tertiary/aromatic N) is 7. The summed E-state index contributed by atoms with van der Waals surface area (Å²) in [7, 11) is 6.97. The van der Waals surface area contributed by atoms with E-state index in [0.717, 1.165) is 90.7 Å². The number of pyridine rings is 1. The van der Waals surface area contributed by atoms with Gasteiger partial charge in [0.25, 0.3) is 7.98 Å². The normalized spacial score (nSPS) is 10.6. The van der Waals surface area contributed by atoms with E-state index >= 15 is 0 Å². The van der Waals surface area contributed by atoms with Gasteiger partial charge in [-0.25, -0.2) is 0 Å². The first-order valence-electron chi connectivity index (χ1n) is 47.8. The molecule has 1 aromatic heterocycles. The van der Waals surface area contributed by atoms with Crippen molar-refractivity contribution < 1.29 is 42.8 Å². The smallest absolute Gasteiger partial charge is 0.871 e. The van der Waals surface area contributed by atoms with Crippen LogP contribution in [-0.4, -0.2) is 13.0 Å². The van der Waals surface area contributed by atoms with Crippen molar-refractivity contribution in [2.45, 2.75) is 28.2 Å². The van der Waals surface area contributed by atoms with Crippen molar-refractivity contribution in [1.82, 2.24) is 4.98 Å². The molecule has 1 heterocycles. The summed E-state index contributed by atoms with van der Waals surface area (Å²) >= 11 is 0. The second kappa shape index (κ2) is 48.3. The Morgan fingerprint density at radius 2 is 0.500 bits per heavy atom. The average Bonchev–Trinajstić information content (AvgIpc) is 0.728. The molecule has 24 rings (SSSR count). The molecule has 0 amide bonds. The predicted octanol–water partition coefficient (Wildman–Crippen LogP) is 32.1. The van der Waals surface area contributed by atoms with E-state index in [9.17, 15) is 5.11 Å². The molecule has 0 fully saturated rings. The van der Waals surface area contributed by atoms with Crippen LogP contribution in [0.3, 0.4) is 0 Å². The molecule has 0 aliphatic heterocycles. The van der Waals surface area contributed by atoms with Crippen LogP contribution in [0.1, 0.15) is 24.1 Å². The van der Waals surface area contributed by atoms with Gasteiger partial charge < -0.3 is 41.7 Å². The third kappa shape index (κ3) is 22.6. The van der Waals surface area contributed by atoms with E-state index in [1.54, 1.807) is 12.3 Å². The molecule has 146 heavy (non-hydrogen) atoms. The van der Waals surface area contributed by atoms with E-state index < -0.39 is 0 Å². The first kappa shape index (κ1) is 102. The fraction of sp³-hybridized carbons (Fsp3) is 0.0299. The van der Waals surface area contributed by atoms with Crippen molar-refractivity contribution >= 4 is 178 Å². The van der Waals surface area contributed by atoms with Crippen LogP contribution in [0.4, 0.5) is 85.3 Å². The predicted molar refractivity (Wildman–Crippen MR) is 619 cm³/mol. The van der Waals surface area contributed by atoms with Crippen LogP contribution in [0.15, 0.2) is 551 Å². The Bertz CT molecular complexity index is 8050. The summed E-state index contributed by atoms with van der Waals surface area (Å²) in [6.45, 7) is 6.45. The van der Waals surface area contributed by atoms with Crippen LogP contribution < -0.4 is 67.3 Å². The van der Waals surface area contributed by atoms with Crippen LogP contribution in [0.2, 0.25) is 0 Å². The first-order chi connectivity index (χ1) is 70.0. The van der Waals surface area contributed by atoms with Gasteiger partial charge in [-0.15, -0.1) is 0 Å². The van der Waals surface area contributed by atoms with Gasteiger partial charge in [0.2, 0.25) is 0 Å². The van der Waals surface area contributed by atoms with E-state index in [-0.39, 0.29) is 58.3 Å². The molecule has 23 aromatic carbocycles. The average molecular weight is 1890 g/mol. The maximum absolute atomic E-state index is 11.1. The quantitative estimate of drug-likeness (QED) is 0.0367. The second-order valence-corrected chi connectivity index (χ2v) is 35.3. The maximum Gasteiger partial charge on any atom is 1.00 e. The SMILES string of the molecule is C.Cc1cccc(N(c2ccccc2)c2cc(N(c3ccccc3)c3cccc(C)c3)cc(N(c3ccccc3)c3cccc(C)c3)c2)c1.[B]N=P.[CH3-].[Li+].[Li+].[O-]c1cccc2cccnc12.c1ccc(N(c2ccc(-c3ccc(N(c4ccccc4)c4cccc5ccccc45)cc3)cc2)c2cccc3ccccc23)cc1.c1ccc2cc(-c3c4ccccc4c(-c4cccc5ccccc45)c4ccccc34)ccc2c1. The van der Waals surface area contributed by atoms with Gasteiger partial charge in [0.1, 0.15) is 0 Å². The van der Waals surface area contributed by atoms with Crippen LogP contribution in [0.25, 0.3) is 109 Å². The van der Waals surface area contributed by atoms with Gasteiger partial charge in [-0.3, -0.25) is 4.98 Å². The Balaban J connectivity index is 0.000000146. The molecule has 0 N–H and O–H groups in total. The molecule has 8 nitrogen and oxygen atoms in total. The zero-order valence-corrected chi connectivity index (χ0v) is 83.1. The summed E-state index contributed by atoms with van der Waals surface area (Å²) < 4.78 is 2.81. The summed E-state index contributed by atoms with van der Waals surface area (Å²) in [5, 5.41) is 27.2. The number of aromatic nitrogens is 1. The third-order valence-electron chi connectivity index (χ3n) is 25.7. The van der Waals surface area contributed by atoms with Crippen LogP contribution >= 0.6 is 9.03 Å². The van der Waals surface area contributed by atoms with Crippen molar-refractivity contribution in [2.24, 2.45) is 4.66 Å². The van der Waals surface area contributed by atoms with Crippen molar-refractivity contribution in [3.8, 4) is 39.1 Å². The van der Waals surface area contributed by atoms with Crippen LogP contribution in [0, 0.1) is 28.2 Å². The molecule has 0 saturated carbocycles. The topological polar surface area (TPSA) is 64.5 Å². The summed E-state index contributed by atoms with van der Waals surface area (Å²) in [4.78, 5) is 15.7. The number of rotatable bonds is 18.